The number of nitrogens with zero attached hydrogens (tertiary/aromatic N) is 2. The molecule has 2 saturated carbocycles. The third-order valence-corrected chi connectivity index (χ3v) is 5.48. The van der Waals surface area contributed by atoms with Gasteiger partial charge in [-0.25, -0.2) is 9.59 Å². The molecule has 0 spiro atoms. The second-order valence-electron chi connectivity index (χ2n) is 6.48. The lowest BCUT2D eigenvalue weighted by atomic mass is 9.69. The molecule has 1 atom stereocenters. The minimum absolute atomic E-state index is 0.676. The van der Waals surface area contributed by atoms with Crippen molar-refractivity contribution in [1.82, 2.24) is 0 Å². The van der Waals surface area contributed by atoms with Crippen molar-refractivity contribution in [3.05, 3.63) is 0 Å². The van der Waals surface area contributed by atoms with Crippen LogP contribution in [0.2, 0.25) is 0 Å². The summed E-state index contributed by atoms with van der Waals surface area (Å²) in [5, 5.41) is 0. The topological polar surface area (TPSA) is 58.9 Å². The van der Waals surface area contributed by atoms with Gasteiger partial charge in [0.15, 0.2) is 5.66 Å². The van der Waals surface area contributed by atoms with Crippen molar-refractivity contribution in [3.8, 4) is 0 Å². The van der Waals surface area contributed by atoms with Gasteiger partial charge in [-0.1, -0.05) is 39.0 Å². The van der Waals surface area contributed by atoms with E-state index in [1.807, 2.05) is 0 Å². The summed E-state index contributed by atoms with van der Waals surface area (Å²) in [6, 6.07) is 0. The maximum Gasteiger partial charge on any atom is 0.237 e. The first-order chi connectivity index (χ1) is 9.71. The van der Waals surface area contributed by atoms with Crippen LogP contribution in [0.5, 0.6) is 0 Å². The highest BCUT2D eigenvalue weighted by Gasteiger charge is 2.38. The lowest BCUT2D eigenvalue weighted by Crippen LogP contribution is -2.34. The van der Waals surface area contributed by atoms with Crippen LogP contribution in [0, 0.1) is 17.8 Å². The van der Waals surface area contributed by atoms with Gasteiger partial charge in [0, 0.05) is 0 Å². The summed E-state index contributed by atoms with van der Waals surface area (Å²) in [7, 11) is 0. The van der Waals surface area contributed by atoms with Crippen LogP contribution in [0.4, 0.5) is 0 Å². The van der Waals surface area contributed by atoms with E-state index in [4.69, 9.17) is 0 Å². The van der Waals surface area contributed by atoms with Gasteiger partial charge in [0.05, 0.1) is 0 Å². The zero-order chi connectivity index (χ0) is 14.4. The molecule has 0 aromatic heterocycles. The quantitative estimate of drug-likeness (QED) is 0.580. The SMILES string of the molecule is CC(C1CCCCC1)C1CCC(N=C=O)(N=C=O)CC1. The van der Waals surface area contributed by atoms with E-state index in [0.717, 1.165) is 24.7 Å². The van der Waals surface area contributed by atoms with Crippen molar-refractivity contribution in [1.29, 1.82) is 0 Å². The Kier molecular flexibility index (Phi) is 5.28. The van der Waals surface area contributed by atoms with E-state index in [1.54, 1.807) is 12.2 Å². The molecule has 0 radical (unpaired) electrons. The van der Waals surface area contributed by atoms with E-state index < -0.39 is 5.66 Å². The van der Waals surface area contributed by atoms with Crippen molar-refractivity contribution < 1.29 is 9.59 Å². The summed E-state index contributed by atoms with van der Waals surface area (Å²) in [6.45, 7) is 2.37. The second kappa shape index (κ2) is 6.97. The normalized spacial score (nSPS) is 32.8. The Bertz CT molecular complexity index is 388. The number of hydrogen-bond acceptors (Lipinski definition) is 4. The number of carbonyl (C=O) groups excluding carboxylic acids is 2. The molecular weight excluding hydrogens is 252 g/mol. The number of hydrogen-bond donors (Lipinski definition) is 0. The number of isocyanates is 2. The molecule has 0 aromatic rings. The molecular formula is C16H24N2O2. The molecule has 20 heavy (non-hydrogen) atoms. The molecule has 0 heterocycles. The van der Waals surface area contributed by atoms with Crippen molar-refractivity contribution >= 4 is 12.2 Å². The number of rotatable bonds is 4. The first kappa shape index (κ1) is 15.2. The number of aliphatic imine (C=N–C) groups is 2. The molecule has 2 aliphatic rings. The smallest absolute Gasteiger partial charge is 0.211 e. The molecule has 4 nitrogen and oxygen atoms in total. The summed E-state index contributed by atoms with van der Waals surface area (Å²) >= 11 is 0. The van der Waals surface area contributed by atoms with Crippen LogP contribution < -0.4 is 0 Å². The summed E-state index contributed by atoms with van der Waals surface area (Å²) in [5.41, 5.74) is -0.855. The van der Waals surface area contributed by atoms with Crippen molar-refractivity contribution in [2.45, 2.75) is 70.4 Å². The first-order valence-electron chi connectivity index (χ1n) is 7.89. The van der Waals surface area contributed by atoms with Crippen molar-refractivity contribution in [2.24, 2.45) is 27.7 Å². The van der Waals surface area contributed by atoms with Gasteiger partial charge in [-0.3, -0.25) is 0 Å². The van der Waals surface area contributed by atoms with Crippen LogP contribution in [0.3, 0.4) is 0 Å². The standard InChI is InChI=1S/C16H24N2O2/c1-13(14-5-3-2-4-6-14)15-7-9-16(10-8-15,17-11-19)18-12-20/h13-15H,2-10H2,1H3. The third-order valence-electron chi connectivity index (χ3n) is 5.48. The predicted molar refractivity (Wildman–Crippen MR) is 76.7 cm³/mol. The van der Waals surface area contributed by atoms with Gasteiger partial charge in [-0.2, -0.15) is 9.98 Å². The van der Waals surface area contributed by atoms with Crippen LogP contribution >= 0.6 is 0 Å². The zero-order valence-corrected chi connectivity index (χ0v) is 12.3. The molecule has 0 amide bonds. The molecule has 0 N–H and O–H groups in total. The Morgan fingerprint density at radius 2 is 1.40 bits per heavy atom. The molecule has 110 valence electrons. The Labute approximate surface area is 120 Å². The highest BCUT2D eigenvalue weighted by Crippen LogP contribution is 2.43. The van der Waals surface area contributed by atoms with E-state index in [1.165, 1.54) is 32.1 Å². The summed E-state index contributed by atoms with van der Waals surface area (Å²) in [4.78, 5) is 28.6. The van der Waals surface area contributed by atoms with E-state index in [-0.39, 0.29) is 0 Å². The van der Waals surface area contributed by atoms with Crippen LogP contribution in [0.15, 0.2) is 9.98 Å². The Hall–Kier alpha value is -1.24. The molecule has 2 rings (SSSR count). The largest absolute Gasteiger partial charge is 0.237 e. The third kappa shape index (κ3) is 3.45. The van der Waals surface area contributed by atoms with Crippen LogP contribution in [-0.2, 0) is 9.59 Å². The van der Waals surface area contributed by atoms with Crippen LogP contribution in [0.25, 0.3) is 0 Å². The average Bonchev–Trinajstić information content (AvgIpc) is 2.49. The maximum atomic E-state index is 10.5. The van der Waals surface area contributed by atoms with E-state index in [0.29, 0.717) is 18.8 Å². The Morgan fingerprint density at radius 3 is 1.90 bits per heavy atom. The second-order valence-corrected chi connectivity index (χ2v) is 6.48. The van der Waals surface area contributed by atoms with Gasteiger partial charge in [-0.15, -0.1) is 0 Å². The van der Waals surface area contributed by atoms with Gasteiger partial charge in [0.1, 0.15) is 0 Å². The monoisotopic (exact) mass is 276 g/mol. The van der Waals surface area contributed by atoms with Crippen LogP contribution in [-0.4, -0.2) is 17.8 Å². The Balaban J connectivity index is 1.95. The molecule has 0 aliphatic heterocycles. The van der Waals surface area contributed by atoms with E-state index in [9.17, 15) is 9.59 Å². The highest BCUT2D eigenvalue weighted by atomic mass is 16.1. The summed E-state index contributed by atoms with van der Waals surface area (Å²) < 4.78 is 0. The van der Waals surface area contributed by atoms with Gasteiger partial charge < -0.3 is 0 Å². The average molecular weight is 276 g/mol. The summed E-state index contributed by atoms with van der Waals surface area (Å²) in [6.07, 6.45) is 13.4. The highest BCUT2D eigenvalue weighted by molar-refractivity contribution is 5.39. The Morgan fingerprint density at radius 1 is 0.900 bits per heavy atom. The van der Waals surface area contributed by atoms with E-state index in [2.05, 4.69) is 16.9 Å². The van der Waals surface area contributed by atoms with Gasteiger partial charge in [0.2, 0.25) is 12.2 Å². The molecule has 1 unspecified atom stereocenters. The lowest BCUT2D eigenvalue weighted by Gasteiger charge is -2.39. The molecule has 4 heteroatoms. The van der Waals surface area contributed by atoms with Gasteiger partial charge >= 0.3 is 0 Å². The first-order valence-corrected chi connectivity index (χ1v) is 7.89. The van der Waals surface area contributed by atoms with E-state index >= 15 is 0 Å². The fraction of sp³-hybridized carbons (Fsp3) is 0.875. The minimum Gasteiger partial charge on any atom is -0.211 e. The fourth-order valence-electron chi connectivity index (χ4n) is 4.09. The molecule has 2 fully saturated rings. The minimum atomic E-state index is -0.855. The fourth-order valence-corrected chi connectivity index (χ4v) is 4.09. The van der Waals surface area contributed by atoms with Crippen molar-refractivity contribution in [2.75, 3.05) is 0 Å². The van der Waals surface area contributed by atoms with Crippen molar-refractivity contribution in [3.63, 3.8) is 0 Å². The van der Waals surface area contributed by atoms with Gasteiger partial charge in [-0.05, 0) is 43.4 Å². The zero-order valence-electron chi connectivity index (χ0n) is 12.3. The maximum absolute atomic E-state index is 10.5. The summed E-state index contributed by atoms with van der Waals surface area (Å²) in [5.74, 6) is 2.26. The predicted octanol–water partition coefficient (Wildman–Crippen LogP) is 3.76. The molecule has 0 bridgehead atoms. The van der Waals surface area contributed by atoms with Gasteiger partial charge in [0.25, 0.3) is 0 Å². The molecule has 0 saturated heterocycles. The molecule has 0 aromatic carbocycles. The lowest BCUT2D eigenvalue weighted by molar-refractivity contribution is 0.131. The molecule has 2 aliphatic carbocycles. The van der Waals surface area contributed by atoms with Crippen LogP contribution in [0.1, 0.15) is 64.7 Å².